The van der Waals surface area contributed by atoms with Crippen LogP contribution in [0.25, 0.3) is 11.0 Å². The molecule has 1 aliphatic carbocycles. The average Bonchev–Trinajstić information content (AvgIpc) is 3.36. The fourth-order valence-electron chi connectivity index (χ4n) is 4.09. The van der Waals surface area contributed by atoms with Crippen molar-refractivity contribution in [3.63, 3.8) is 0 Å². The Bertz CT molecular complexity index is 1000. The summed E-state index contributed by atoms with van der Waals surface area (Å²) in [6.07, 6.45) is 8.93. The molecule has 0 radical (unpaired) electrons. The summed E-state index contributed by atoms with van der Waals surface area (Å²) in [5, 5.41) is 0. The summed E-state index contributed by atoms with van der Waals surface area (Å²) in [6.45, 7) is 1.50. The number of hydrogen-bond acceptors (Lipinski definition) is 4. The van der Waals surface area contributed by atoms with Crippen LogP contribution in [-0.2, 0) is 19.5 Å². The van der Waals surface area contributed by atoms with Crippen LogP contribution in [0.3, 0.4) is 0 Å². The zero-order valence-electron chi connectivity index (χ0n) is 15.1. The molecule has 0 saturated heterocycles. The molecule has 6 nitrogen and oxygen atoms in total. The van der Waals surface area contributed by atoms with Crippen molar-refractivity contribution in [3.05, 3.63) is 77.9 Å². The summed E-state index contributed by atoms with van der Waals surface area (Å²) in [4.78, 5) is 23.0. The molecule has 3 aromatic heterocycles. The van der Waals surface area contributed by atoms with E-state index in [1.165, 1.54) is 11.3 Å². The second-order valence-corrected chi connectivity index (χ2v) is 7.09. The topological polar surface area (TPSA) is 73.5 Å². The van der Waals surface area contributed by atoms with E-state index in [0.29, 0.717) is 6.04 Å². The first-order valence-corrected chi connectivity index (χ1v) is 9.46. The monoisotopic (exact) mass is 358 g/mol. The van der Waals surface area contributed by atoms with Gasteiger partial charge in [-0.1, -0.05) is 18.2 Å². The maximum atomic E-state index is 4.79. The van der Waals surface area contributed by atoms with E-state index in [0.717, 1.165) is 55.0 Å². The lowest BCUT2D eigenvalue weighted by Gasteiger charge is -2.34. The Kier molecular flexibility index (Phi) is 4.18. The van der Waals surface area contributed by atoms with Crippen LogP contribution in [0.1, 0.15) is 41.8 Å². The van der Waals surface area contributed by atoms with Crippen LogP contribution >= 0.6 is 0 Å². The molecule has 1 unspecified atom stereocenters. The average molecular weight is 358 g/mol. The molecule has 0 spiro atoms. The van der Waals surface area contributed by atoms with Crippen LogP contribution in [0.5, 0.6) is 0 Å². The van der Waals surface area contributed by atoms with Gasteiger partial charge in [0.1, 0.15) is 11.6 Å². The Labute approximate surface area is 157 Å². The number of imidazole rings is 2. The molecule has 1 aliphatic rings. The van der Waals surface area contributed by atoms with Crippen molar-refractivity contribution in [2.24, 2.45) is 0 Å². The zero-order chi connectivity index (χ0) is 18.1. The van der Waals surface area contributed by atoms with Crippen molar-refractivity contribution in [2.45, 2.75) is 38.4 Å². The minimum absolute atomic E-state index is 0.320. The first kappa shape index (κ1) is 16.2. The third-order valence-electron chi connectivity index (χ3n) is 5.32. The Balaban J connectivity index is 1.49. The minimum Gasteiger partial charge on any atom is -0.348 e. The van der Waals surface area contributed by atoms with E-state index in [4.69, 9.17) is 4.98 Å². The number of aromatic nitrogens is 5. The largest absolute Gasteiger partial charge is 0.348 e. The highest BCUT2D eigenvalue weighted by atomic mass is 15.2. The van der Waals surface area contributed by atoms with Gasteiger partial charge in [-0.2, -0.15) is 0 Å². The first-order valence-electron chi connectivity index (χ1n) is 9.46. The number of H-pyrrole nitrogens is 2. The highest BCUT2D eigenvalue weighted by Crippen LogP contribution is 2.34. The number of benzene rings is 1. The number of aryl methyl sites for hydroxylation is 1. The van der Waals surface area contributed by atoms with Crippen LogP contribution in [0.15, 0.2) is 55.0 Å². The lowest BCUT2D eigenvalue weighted by molar-refractivity contribution is 0.153. The number of rotatable bonds is 5. The lowest BCUT2D eigenvalue weighted by atomic mass is 9.90. The molecule has 4 aromatic rings. The van der Waals surface area contributed by atoms with E-state index >= 15 is 0 Å². The number of pyridine rings is 1. The highest BCUT2D eigenvalue weighted by molar-refractivity contribution is 5.74. The van der Waals surface area contributed by atoms with Gasteiger partial charge in [0.05, 0.1) is 24.1 Å². The van der Waals surface area contributed by atoms with Crippen molar-refractivity contribution in [1.29, 1.82) is 0 Å². The maximum absolute atomic E-state index is 4.79. The Morgan fingerprint density at radius 1 is 1.00 bits per heavy atom. The SMILES string of the molecule is c1cnc2c(c1)C(N(Cc1ncc[nH]1)Cc1nc3ccccc3[nH]1)CCC2. The standard InChI is InChI=1S/C21H22N6/c1-2-7-18-17(6-1)25-21(26-18)14-27(13-20-23-11-12-24-20)19-9-3-8-16-15(19)5-4-10-22-16/h1-2,4-7,10-12,19H,3,8-9,13-14H2,(H,23,24)(H,25,26). The van der Waals surface area contributed by atoms with Gasteiger partial charge in [-0.15, -0.1) is 0 Å². The van der Waals surface area contributed by atoms with Crippen molar-refractivity contribution < 1.29 is 0 Å². The second-order valence-electron chi connectivity index (χ2n) is 7.09. The van der Waals surface area contributed by atoms with E-state index in [-0.39, 0.29) is 0 Å². The number of fused-ring (bicyclic) bond motifs is 2. The molecule has 0 bridgehead atoms. The summed E-state index contributed by atoms with van der Waals surface area (Å²) in [5.41, 5.74) is 4.65. The molecule has 136 valence electrons. The molecule has 1 aromatic carbocycles. The molecule has 5 rings (SSSR count). The van der Waals surface area contributed by atoms with E-state index in [1.807, 2.05) is 42.9 Å². The predicted octanol–water partition coefficient (Wildman–Crippen LogP) is 3.76. The van der Waals surface area contributed by atoms with Crippen molar-refractivity contribution in [1.82, 2.24) is 29.8 Å². The summed E-state index contributed by atoms with van der Waals surface area (Å²) < 4.78 is 0. The molecule has 0 aliphatic heterocycles. The highest BCUT2D eigenvalue weighted by Gasteiger charge is 2.28. The van der Waals surface area contributed by atoms with E-state index in [1.54, 1.807) is 0 Å². The van der Waals surface area contributed by atoms with Gasteiger partial charge in [-0.3, -0.25) is 9.88 Å². The van der Waals surface area contributed by atoms with Crippen molar-refractivity contribution in [3.8, 4) is 0 Å². The van der Waals surface area contributed by atoms with Crippen molar-refractivity contribution in [2.75, 3.05) is 0 Å². The van der Waals surface area contributed by atoms with Crippen molar-refractivity contribution >= 4 is 11.0 Å². The maximum Gasteiger partial charge on any atom is 0.121 e. The number of aromatic amines is 2. The molecule has 3 heterocycles. The summed E-state index contributed by atoms with van der Waals surface area (Å²) in [6, 6.07) is 12.8. The number of nitrogens with one attached hydrogen (secondary N) is 2. The fraction of sp³-hybridized carbons (Fsp3) is 0.286. The molecule has 6 heteroatoms. The lowest BCUT2D eigenvalue weighted by Crippen LogP contribution is -2.31. The molecule has 1 atom stereocenters. The normalized spacial score (nSPS) is 16.7. The summed E-state index contributed by atoms with van der Waals surface area (Å²) in [7, 11) is 0. The van der Waals surface area contributed by atoms with Crippen LogP contribution in [-0.4, -0.2) is 29.8 Å². The van der Waals surface area contributed by atoms with Crippen LogP contribution < -0.4 is 0 Å². The minimum atomic E-state index is 0.320. The number of hydrogen-bond donors (Lipinski definition) is 2. The van der Waals surface area contributed by atoms with Gasteiger partial charge in [-0.05, 0) is 43.0 Å². The molecule has 27 heavy (non-hydrogen) atoms. The first-order chi connectivity index (χ1) is 13.4. The summed E-state index contributed by atoms with van der Waals surface area (Å²) >= 11 is 0. The number of nitrogens with zero attached hydrogens (tertiary/aromatic N) is 4. The predicted molar refractivity (Wildman–Crippen MR) is 104 cm³/mol. The Morgan fingerprint density at radius 3 is 2.81 bits per heavy atom. The third kappa shape index (κ3) is 3.24. The fourth-order valence-corrected chi connectivity index (χ4v) is 4.09. The Morgan fingerprint density at radius 2 is 1.93 bits per heavy atom. The van der Waals surface area contributed by atoms with E-state index < -0.39 is 0 Å². The van der Waals surface area contributed by atoms with E-state index in [9.17, 15) is 0 Å². The van der Waals surface area contributed by atoms with Gasteiger partial charge in [-0.25, -0.2) is 9.97 Å². The molecule has 0 saturated carbocycles. The molecular weight excluding hydrogens is 336 g/mol. The van der Waals surface area contributed by atoms with Gasteiger partial charge < -0.3 is 9.97 Å². The van der Waals surface area contributed by atoms with Gasteiger partial charge in [0, 0.05) is 30.3 Å². The second kappa shape index (κ2) is 6.96. The zero-order valence-corrected chi connectivity index (χ0v) is 15.1. The van der Waals surface area contributed by atoms with Crippen LogP contribution in [0.4, 0.5) is 0 Å². The quantitative estimate of drug-likeness (QED) is 0.570. The number of para-hydroxylation sites is 2. The van der Waals surface area contributed by atoms with Gasteiger partial charge >= 0.3 is 0 Å². The van der Waals surface area contributed by atoms with Crippen LogP contribution in [0.2, 0.25) is 0 Å². The molecule has 0 fully saturated rings. The van der Waals surface area contributed by atoms with E-state index in [2.05, 4.69) is 37.0 Å². The third-order valence-corrected chi connectivity index (χ3v) is 5.32. The molecular formula is C21H22N6. The van der Waals surface area contributed by atoms with Gasteiger partial charge in [0.25, 0.3) is 0 Å². The smallest absolute Gasteiger partial charge is 0.121 e. The summed E-state index contributed by atoms with van der Waals surface area (Å²) in [5.74, 6) is 1.96. The van der Waals surface area contributed by atoms with Gasteiger partial charge in [0.15, 0.2) is 0 Å². The molecule has 0 amide bonds. The Hall–Kier alpha value is -2.99. The molecule has 2 N–H and O–H groups in total. The van der Waals surface area contributed by atoms with Crippen LogP contribution in [0, 0.1) is 0 Å². The van der Waals surface area contributed by atoms with Gasteiger partial charge in [0.2, 0.25) is 0 Å².